The van der Waals surface area contributed by atoms with E-state index in [0.717, 1.165) is 0 Å². The lowest BCUT2D eigenvalue weighted by molar-refractivity contribution is -0.127. The molecule has 0 aromatic rings. The summed E-state index contributed by atoms with van der Waals surface area (Å²) in [7, 11) is 0. The molecule has 0 spiro atoms. The summed E-state index contributed by atoms with van der Waals surface area (Å²) in [5.41, 5.74) is 7.80. The van der Waals surface area contributed by atoms with Gasteiger partial charge in [0.1, 0.15) is 11.6 Å². The fourth-order valence-electron chi connectivity index (χ4n) is 2.15. The smallest absolute Gasteiger partial charge is 0.140 e. The fourth-order valence-corrected chi connectivity index (χ4v) is 2.15. The highest BCUT2D eigenvalue weighted by molar-refractivity contribution is 5.83. The van der Waals surface area contributed by atoms with E-state index in [1.807, 2.05) is 20.8 Å². The van der Waals surface area contributed by atoms with E-state index in [-0.39, 0.29) is 17.0 Å². The third-order valence-corrected chi connectivity index (χ3v) is 3.93. The number of carbonyl (C=O) groups excluding carboxylic acids is 2. The summed E-state index contributed by atoms with van der Waals surface area (Å²) < 4.78 is 21.5. The number of carbonyl (C=O) groups is 2. The standard InChI is InChI=1S/C20H37N3O6/c1-20(2,3)19(25)8-13-29-17-14-26-10-4-6-18(24)7-12-28-16-15-27-11-5-9-22-23-21/h4-17H2,1-3H3. The molecule has 0 aromatic carbocycles. The molecular formula is C20H37N3O6. The molecular weight excluding hydrogens is 378 g/mol. The maximum Gasteiger partial charge on any atom is 0.140 e. The van der Waals surface area contributed by atoms with E-state index in [2.05, 4.69) is 10.0 Å². The van der Waals surface area contributed by atoms with Crippen molar-refractivity contribution in [1.82, 2.24) is 0 Å². The van der Waals surface area contributed by atoms with Crippen LogP contribution in [-0.4, -0.2) is 71.0 Å². The van der Waals surface area contributed by atoms with Gasteiger partial charge in [0.25, 0.3) is 0 Å². The number of azide groups is 1. The number of hydrogen-bond donors (Lipinski definition) is 0. The first-order valence-electron chi connectivity index (χ1n) is 10.2. The molecule has 168 valence electrons. The summed E-state index contributed by atoms with van der Waals surface area (Å²) in [5, 5.41) is 3.41. The zero-order valence-electron chi connectivity index (χ0n) is 18.2. The van der Waals surface area contributed by atoms with Gasteiger partial charge in [-0.25, -0.2) is 0 Å². The van der Waals surface area contributed by atoms with Crippen LogP contribution in [0.4, 0.5) is 0 Å². The molecule has 0 bridgehead atoms. The minimum absolute atomic E-state index is 0.154. The van der Waals surface area contributed by atoms with Gasteiger partial charge in [0.2, 0.25) is 0 Å². The van der Waals surface area contributed by atoms with Crippen LogP contribution < -0.4 is 0 Å². The van der Waals surface area contributed by atoms with Crippen molar-refractivity contribution >= 4 is 11.6 Å². The minimum Gasteiger partial charge on any atom is -0.379 e. The molecule has 0 radical (unpaired) electrons. The normalized spacial score (nSPS) is 11.3. The quantitative estimate of drug-likeness (QED) is 0.130. The van der Waals surface area contributed by atoms with Gasteiger partial charge in [-0.1, -0.05) is 25.9 Å². The Balaban J connectivity index is 3.30. The zero-order valence-corrected chi connectivity index (χ0v) is 18.2. The second-order valence-electron chi connectivity index (χ2n) is 7.57. The Kier molecular flexibility index (Phi) is 17.6. The first kappa shape index (κ1) is 27.5. The Bertz CT molecular complexity index is 487. The van der Waals surface area contributed by atoms with E-state index < -0.39 is 0 Å². The van der Waals surface area contributed by atoms with Gasteiger partial charge in [-0.3, -0.25) is 9.59 Å². The lowest BCUT2D eigenvalue weighted by atomic mass is 9.89. The number of rotatable bonds is 20. The first-order chi connectivity index (χ1) is 13.9. The molecule has 9 heteroatoms. The highest BCUT2D eigenvalue weighted by atomic mass is 16.5. The Morgan fingerprint density at radius 3 is 1.83 bits per heavy atom. The molecule has 0 aromatic heterocycles. The minimum atomic E-state index is -0.319. The van der Waals surface area contributed by atoms with Gasteiger partial charge in [0.15, 0.2) is 0 Å². The fraction of sp³-hybridized carbons (Fsp3) is 0.900. The van der Waals surface area contributed by atoms with Crippen LogP contribution in [0, 0.1) is 5.41 Å². The Morgan fingerprint density at radius 1 is 0.759 bits per heavy atom. The molecule has 29 heavy (non-hydrogen) atoms. The van der Waals surface area contributed by atoms with Crippen LogP contribution in [0.1, 0.15) is 52.9 Å². The molecule has 0 unspecified atom stereocenters. The molecule has 9 nitrogen and oxygen atoms in total. The van der Waals surface area contributed by atoms with Gasteiger partial charge >= 0.3 is 0 Å². The third-order valence-electron chi connectivity index (χ3n) is 3.93. The van der Waals surface area contributed by atoms with Crippen molar-refractivity contribution in [3.8, 4) is 0 Å². The highest BCUT2D eigenvalue weighted by Gasteiger charge is 2.20. The van der Waals surface area contributed by atoms with Crippen LogP contribution in [0.15, 0.2) is 5.11 Å². The predicted octanol–water partition coefficient (Wildman–Crippen LogP) is 3.50. The van der Waals surface area contributed by atoms with Gasteiger partial charge in [-0.2, -0.15) is 0 Å². The van der Waals surface area contributed by atoms with Gasteiger partial charge in [-0.05, 0) is 18.4 Å². The summed E-state index contributed by atoms with van der Waals surface area (Å²) in [4.78, 5) is 26.1. The second kappa shape index (κ2) is 18.5. The summed E-state index contributed by atoms with van der Waals surface area (Å²) in [6.07, 6.45) is 2.65. The van der Waals surface area contributed by atoms with Crippen LogP contribution in [-0.2, 0) is 28.5 Å². The maximum atomic E-state index is 11.7. The van der Waals surface area contributed by atoms with E-state index in [4.69, 9.17) is 24.5 Å². The van der Waals surface area contributed by atoms with E-state index >= 15 is 0 Å². The SMILES string of the molecule is CC(C)(C)C(=O)CCOCCOCCCC(=O)CCOCCOCCCN=[N+]=[N-]. The average Bonchev–Trinajstić information content (AvgIpc) is 2.67. The first-order valence-corrected chi connectivity index (χ1v) is 10.2. The van der Waals surface area contributed by atoms with Crippen molar-refractivity contribution < 1.29 is 28.5 Å². The van der Waals surface area contributed by atoms with Crippen LogP contribution in [0.5, 0.6) is 0 Å². The molecule has 0 saturated heterocycles. The van der Waals surface area contributed by atoms with Gasteiger partial charge < -0.3 is 18.9 Å². The molecule has 0 aliphatic carbocycles. The molecule has 0 aliphatic heterocycles. The molecule has 0 saturated carbocycles. The lowest BCUT2D eigenvalue weighted by Gasteiger charge is -2.16. The number of hydrogen-bond acceptors (Lipinski definition) is 7. The molecule has 0 aliphatic rings. The Hall–Kier alpha value is -1.51. The van der Waals surface area contributed by atoms with Crippen molar-refractivity contribution in [2.24, 2.45) is 10.5 Å². The van der Waals surface area contributed by atoms with Crippen molar-refractivity contribution in [2.45, 2.75) is 52.9 Å². The summed E-state index contributed by atoms with van der Waals surface area (Å²) in [6.45, 7) is 9.81. The van der Waals surface area contributed by atoms with Crippen LogP contribution in [0.2, 0.25) is 0 Å². The van der Waals surface area contributed by atoms with Gasteiger partial charge in [-0.15, -0.1) is 0 Å². The molecule has 0 amide bonds. The number of Topliss-reactive ketones (excluding diaryl/α,β-unsaturated/α-hetero) is 2. The van der Waals surface area contributed by atoms with Gasteiger partial charge in [0.05, 0.1) is 39.6 Å². The Morgan fingerprint density at radius 2 is 1.28 bits per heavy atom. The summed E-state index contributed by atoms with van der Waals surface area (Å²) >= 11 is 0. The van der Waals surface area contributed by atoms with Crippen LogP contribution in [0.25, 0.3) is 10.4 Å². The average molecular weight is 416 g/mol. The van der Waals surface area contributed by atoms with Crippen molar-refractivity contribution in [2.75, 3.05) is 59.4 Å². The van der Waals surface area contributed by atoms with E-state index in [1.165, 1.54) is 0 Å². The molecule has 0 N–H and O–H groups in total. The Labute approximate surface area is 174 Å². The summed E-state index contributed by atoms with van der Waals surface area (Å²) in [6, 6.07) is 0. The van der Waals surface area contributed by atoms with Crippen LogP contribution >= 0.6 is 0 Å². The lowest BCUT2D eigenvalue weighted by Crippen LogP contribution is -2.21. The molecule has 0 heterocycles. The maximum absolute atomic E-state index is 11.7. The number of ether oxygens (including phenoxy) is 4. The number of nitrogens with zero attached hydrogens (tertiary/aromatic N) is 3. The topological polar surface area (TPSA) is 120 Å². The number of ketones is 2. The van der Waals surface area contributed by atoms with Crippen molar-refractivity contribution in [3.63, 3.8) is 0 Å². The molecule has 0 rings (SSSR count). The van der Waals surface area contributed by atoms with Gasteiger partial charge in [0, 0.05) is 49.3 Å². The molecule has 0 atom stereocenters. The summed E-state index contributed by atoms with van der Waals surface area (Å²) in [5.74, 6) is 0.344. The van der Waals surface area contributed by atoms with E-state index in [1.54, 1.807) is 0 Å². The van der Waals surface area contributed by atoms with Crippen molar-refractivity contribution in [3.05, 3.63) is 10.4 Å². The zero-order chi connectivity index (χ0) is 21.8. The monoisotopic (exact) mass is 415 g/mol. The third kappa shape index (κ3) is 19.6. The highest BCUT2D eigenvalue weighted by Crippen LogP contribution is 2.16. The van der Waals surface area contributed by atoms with Crippen molar-refractivity contribution in [1.29, 1.82) is 0 Å². The second-order valence-corrected chi connectivity index (χ2v) is 7.57. The predicted molar refractivity (Wildman–Crippen MR) is 110 cm³/mol. The largest absolute Gasteiger partial charge is 0.379 e. The van der Waals surface area contributed by atoms with E-state index in [0.29, 0.717) is 91.5 Å². The van der Waals surface area contributed by atoms with Crippen LogP contribution in [0.3, 0.4) is 0 Å². The molecule has 0 fully saturated rings. The van der Waals surface area contributed by atoms with E-state index in [9.17, 15) is 9.59 Å².